The van der Waals surface area contributed by atoms with Crippen molar-refractivity contribution in [2.75, 3.05) is 26.4 Å². The molecule has 0 saturated heterocycles. The van der Waals surface area contributed by atoms with E-state index in [2.05, 4.69) is 13.8 Å². The second-order valence-corrected chi connectivity index (χ2v) is 3.97. The van der Waals surface area contributed by atoms with E-state index in [0.717, 1.165) is 32.3 Å². The van der Waals surface area contributed by atoms with Gasteiger partial charge < -0.3 is 14.2 Å². The zero-order valence-corrected chi connectivity index (χ0v) is 11.2. The van der Waals surface area contributed by atoms with Gasteiger partial charge in [-0.15, -0.1) is 0 Å². The number of ether oxygens (including phenoxy) is 3. The standard InChI is InChI=1S/C13H26O4/c1-3-5-7-8-10-16-13(14)17-12-11-15-9-6-4-2/h3-12H2,1-2H3. The topological polar surface area (TPSA) is 44.8 Å². The fourth-order valence-corrected chi connectivity index (χ4v) is 1.26. The summed E-state index contributed by atoms with van der Waals surface area (Å²) in [6.07, 6.45) is 5.95. The lowest BCUT2D eigenvalue weighted by atomic mass is 10.2. The van der Waals surface area contributed by atoms with Crippen LogP contribution in [0.2, 0.25) is 0 Å². The van der Waals surface area contributed by atoms with Gasteiger partial charge in [-0.3, -0.25) is 0 Å². The minimum atomic E-state index is -0.583. The van der Waals surface area contributed by atoms with Crippen molar-refractivity contribution in [3.05, 3.63) is 0 Å². The normalized spacial score (nSPS) is 10.2. The molecule has 0 spiro atoms. The molecule has 17 heavy (non-hydrogen) atoms. The van der Waals surface area contributed by atoms with Crippen LogP contribution in [0.4, 0.5) is 4.79 Å². The Morgan fingerprint density at radius 3 is 2.18 bits per heavy atom. The molecule has 0 heterocycles. The summed E-state index contributed by atoms with van der Waals surface area (Å²) in [7, 11) is 0. The highest BCUT2D eigenvalue weighted by Gasteiger charge is 2.02. The van der Waals surface area contributed by atoms with E-state index in [1.54, 1.807) is 0 Å². The van der Waals surface area contributed by atoms with Gasteiger partial charge in [0, 0.05) is 6.61 Å². The van der Waals surface area contributed by atoms with Gasteiger partial charge in [-0.05, 0) is 12.8 Å². The molecule has 0 saturated carbocycles. The second-order valence-electron chi connectivity index (χ2n) is 3.97. The van der Waals surface area contributed by atoms with E-state index in [1.807, 2.05) is 0 Å². The summed E-state index contributed by atoms with van der Waals surface area (Å²) in [5, 5.41) is 0. The van der Waals surface area contributed by atoms with Crippen molar-refractivity contribution in [2.45, 2.75) is 52.4 Å². The SMILES string of the molecule is CCCCCCOC(=O)OCCOCCCC. The Labute approximate surface area is 105 Å². The lowest BCUT2D eigenvalue weighted by molar-refractivity contribution is 0.0260. The number of hydrogen-bond acceptors (Lipinski definition) is 4. The van der Waals surface area contributed by atoms with Gasteiger partial charge in [-0.2, -0.15) is 0 Å². The minimum absolute atomic E-state index is 0.275. The molecule has 0 N–H and O–H groups in total. The average molecular weight is 246 g/mol. The fourth-order valence-electron chi connectivity index (χ4n) is 1.26. The third-order valence-electron chi connectivity index (χ3n) is 2.31. The maximum absolute atomic E-state index is 11.1. The molecule has 0 aromatic heterocycles. The van der Waals surface area contributed by atoms with E-state index in [-0.39, 0.29) is 6.61 Å². The van der Waals surface area contributed by atoms with Crippen LogP contribution >= 0.6 is 0 Å². The van der Waals surface area contributed by atoms with E-state index in [4.69, 9.17) is 14.2 Å². The summed E-state index contributed by atoms with van der Waals surface area (Å²) in [5.41, 5.74) is 0. The van der Waals surface area contributed by atoms with Gasteiger partial charge in [0.05, 0.1) is 13.2 Å². The molecule has 0 aromatic carbocycles. The van der Waals surface area contributed by atoms with E-state index in [1.165, 1.54) is 12.8 Å². The maximum atomic E-state index is 11.1. The van der Waals surface area contributed by atoms with E-state index in [0.29, 0.717) is 13.2 Å². The molecule has 0 aliphatic rings. The largest absolute Gasteiger partial charge is 0.508 e. The molecule has 0 atom stereocenters. The first kappa shape index (κ1) is 16.2. The molecule has 0 fully saturated rings. The highest BCUT2D eigenvalue weighted by Crippen LogP contribution is 1.99. The van der Waals surface area contributed by atoms with Crippen molar-refractivity contribution >= 4 is 6.16 Å². The van der Waals surface area contributed by atoms with E-state index in [9.17, 15) is 4.79 Å². The first-order valence-electron chi connectivity index (χ1n) is 6.68. The first-order valence-corrected chi connectivity index (χ1v) is 6.68. The Hall–Kier alpha value is -0.770. The van der Waals surface area contributed by atoms with Gasteiger partial charge in [0.25, 0.3) is 0 Å². The van der Waals surface area contributed by atoms with Crippen LogP contribution in [0, 0.1) is 0 Å². The predicted octanol–water partition coefficient (Wildman–Crippen LogP) is 3.54. The van der Waals surface area contributed by atoms with Crippen molar-refractivity contribution in [3.8, 4) is 0 Å². The molecule has 0 amide bonds. The van der Waals surface area contributed by atoms with Crippen LogP contribution in [-0.4, -0.2) is 32.6 Å². The van der Waals surface area contributed by atoms with Crippen molar-refractivity contribution in [3.63, 3.8) is 0 Å². The molecule has 0 aliphatic heterocycles. The summed E-state index contributed by atoms with van der Waals surface area (Å²) >= 11 is 0. The van der Waals surface area contributed by atoms with Crippen molar-refractivity contribution in [1.29, 1.82) is 0 Å². The summed E-state index contributed by atoms with van der Waals surface area (Å²) in [5.74, 6) is 0. The average Bonchev–Trinajstić information content (AvgIpc) is 2.33. The molecule has 4 nitrogen and oxygen atoms in total. The predicted molar refractivity (Wildman–Crippen MR) is 67.2 cm³/mol. The lowest BCUT2D eigenvalue weighted by Gasteiger charge is -2.06. The summed E-state index contributed by atoms with van der Waals surface area (Å²) in [6, 6.07) is 0. The fraction of sp³-hybridized carbons (Fsp3) is 0.923. The number of unbranched alkanes of at least 4 members (excludes halogenated alkanes) is 4. The molecular formula is C13H26O4. The molecule has 4 heteroatoms. The summed E-state index contributed by atoms with van der Waals surface area (Å²) in [6.45, 7) is 6.16. The van der Waals surface area contributed by atoms with Gasteiger partial charge in [-0.25, -0.2) is 4.79 Å². The summed E-state index contributed by atoms with van der Waals surface area (Å²) in [4.78, 5) is 11.1. The molecule has 0 unspecified atom stereocenters. The quantitative estimate of drug-likeness (QED) is 0.413. The van der Waals surface area contributed by atoms with Gasteiger partial charge in [0.2, 0.25) is 0 Å². The minimum Gasteiger partial charge on any atom is -0.434 e. The molecule has 0 aliphatic carbocycles. The van der Waals surface area contributed by atoms with Gasteiger partial charge in [-0.1, -0.05) is 39.5 Å². The number of rotatable bonds is 11. The van der Waals surface area contributed by atoms with Gasteiger partial charge in [0.15, 0.2) is 0 Å². The van der Waals surface area contributed by atoms with Crippen LogP contribution in [0.15, 0.2) is 0 Å². The van der Waals surface area contributed by atoms with Crippen LogP contribution in [0.1, 0.15) is 52.4 Å². The number of carbonyl (C=O) groups excluding carboxylic acids is 1. The molecule has 0 aromatic rings. The van der Waals surface area contributed by atoms with Crippen LogP contribution in [0.3, 0.4) is 0 Å². The monoisotopic (exact) mass is 246 g/mol. The molecule has 0 bridgehead atoms. The zero-order chi connectivity index (χ0) is 12.8. The summed E-state index contributed by atoms with van der Waals surface area (Å²) < 4.78 is 15.0. The maximum Gasteiger partial charge on any atom is 0.508 e. The smallest absolute Gasteiger partial charge is 0.434 e. The highest BCUT2D eigenvalue weighted by molar-refractivity contribution is 5.59. The zero-order valence-electron chi connectivity index (χ0n) is 11.2. The molecular weight excluding hydrogens is 220 g/mol. The Bertz CT molecular complexity index is 171. The van der Waals surface area contributed by atoms with Gasteiger partial charge in [0.1, 0.15) is 6.61 Å². The number of hydrogen-bond donors (Lipinski definition) is 0. The molecule has 102 valence electrons. The van der Waals surface area contributed by atoms with Gasteiger partial charge >= 0.3 is 6.16 Å². The number of carbonyl (C=O) groups is 1. The molecule has 0 radical (unpaired) electrons. The highest BCUT2D eigenvalue weighted by atomic mass is 16.7. The Kier molecular flexibility index (Phi) is 12.7. The first-order chi connectivity index (χ1) is 8.31. The second kappa shape index (κ2) is 13.3. The van der Waals surface area contributed by atoms with Crippen LogP contribution in [0.5, 0.6) is 0 Å². The van der Waals surface area contributed by atoms with Crippen LogP contribution in [-0.2, 0) is 14.2 Å². The van der Waals surface area contributed by atoms with E-state index >= 15 is 0 Å². The Morgan fingerprint density at radius 1 is 0.765 bits per heavy atom. The van der Waals surface area contributed by atoms with Crippen molar-refractivity contribution in [1.82, 2.24) is 0 Å². The van der Waals surface area contributed by atoms with Crippen LogP contribution < -0.4 is 0 Å². The third kappa shape index (κ3) is 13.2. The van der Waals surface area contributed by atoms with E-state index < -0.39 is 6.16 Å². The molecule has 0 rings (SSSR count). The Morgan fingerprint density at radius 2 is 1.47 bits per heavy atom. The lowest BCUT2D eigenvalue weighted by Crippen LogP contribution is -2.13. The van der Waals surface area contributed by atoms with Crippen LogP contribution in [0.25, 0.3) is 0 Å². The Balaban J connectivity index is 3.12. The third-order valence-corrected chi connectivity index (χ3v) is 2.31. The van der Waals surface area contributed by atoms with Crippen molar-refractivity contribution in [2.24, 2.45) is 0 Å². The van der Waals surface area contributed by atoms with Crippen molar-refractivity contribution < 1.29 is 19.0 Å².